The van der Waals surface area contributed by atoms with E-state index in [0.717, 1.165) is 18.8 Å². The van der Waals surface area contributed by atoms with Crippen LogP contribution in [-0.4, -0.2) is 40.2 Å². The molecule has 0 unspecified atom stereocenters. The van der Waals surface area contributed by atoms with Crippen LogP contribution in [0, 0.1) is 0 Å². The van der Waals surface area contributed by atoms with E-state index in [1.54, 1.807) is 23.3 Å². The lowest BCUT2D eigenvalue weighted by molar-refractivity contribution is -0.122. The Morgan fingerprint density at radius 1 is 1.38 bits per heavy atom. The largest absolute Gasteiger partial charge is 0.468 e. The van der Waals surface area contributed by atoms with Crippen molar-refractivity contribution in [3.05, 3.63) is 42.6 Å². The van der Waals surface area contributed by atoms with Crippen molar-refractivity contribution < 1.29 is 9.21 Å². The molecule has 2 aromatic heterocycles. The molecule has 1 amide bonds. The van der Waals surface area contributed by atoms with E-state index in [1.807, 2.05) is 18.2 Å². The van der Waals surface area contributed by atoms with Gasteiger partial charge in [0.1, 0.15) is 12.3 Å². The third kappa shape index (κ3) is 3.52. The Morgan fingerprint density at radius 2 is 2.24 bits per heavy atom. The molecule has 0 bridgehead atoms. The normalized spacial score (nSPS) is 17.0. The molecular weight excluding hydrogens is 268 g/mol. The molecule has 0 radical (unpaired) electrons. The maximum absolute atomic E-state index is 12.0. The zero-order chi connectivity index (χ0) is 14.5. The van der Waals surface area contributed by atoms with Gasteiger partial charge in [-0.2, -0.15) is 5.10 Å². The number of nitrogens with one attached hydrogen (secondary N) is 1. The van der Waals surface area contributed by atoms with E-state index >= 15 is 0 Å². The first kappa shape index (κ1) is 13.9. The summed E-state index contributed by atoms with van der Waals surface area (Å²) in [4.78, 5) is 14.3. The second-order valence-corrected chi connectivity index (χ2v) is 5.28. The average Bonchev–Trinajstić information content (AvgIpc) is 3.23. The molecule has 0 aromatic carbocycles. The highest BCUT2D eigenvalue weighted by atomic mass is 16.3. The van der Waals surface area contributed by atoms with E-state index in [2.05, 4.69) is 15.3 Å². The molecule has 21 heavy (non-hydrogen) atoms. The summed E-state index contributed by atoms with van der Waals surface area (Å²) in [7, 11) is 0. The molecule has 3 heterocycles. The molecule has 1 fully saturated rings. The average molecular weight is 288 g/mol. The van der Waals surface area contributed by atoms with Crippen LogP contribution in [0.2, 0.25) is 0 Å². The Hall–Kier alpha value is -2.08. The zero-order valence-electron chi connectivity index (χ0n) is 11.9. The van der Waals surface area contributed by atoms with E-state index in [0.29, 0.717) is 6.54 Å². The standard InChI is InChI=1S/C15H20N4O2/c20-15(12-19-9-4-6-17-19)16-11-13(14-5-3-10-21-14)18-7-1-2-8-18/h3-6,9-10,13H,1-2,7-8,11-12H2,(H,16,20)/t13-/m1/s1. The van der Waals surface area contributed by atoms with Gasteiger partial charge in [-0.25, -0.2) is 0 Å². The summed E-state index contributed by atoms with van der Waals surface area (Å²) >= 11 is 0. The van der Waals surface area contributed by atoms with Crippen molar-refractivity contribution >= 4 is 5.91 Å². The monoisotopic (exact) mass is 288 g/mol. The van der Waals surface area contributed by atoms with Gasteiger partial charge in [0.15, 0.2) is 0 Å². The van der Waals surface area contributed by atoms with Crippen LogP contribution >= 0.6 is 0 Å². The highest BCUT2D eigenvalue weighted by Crippen LogP contribution is 2.24. The molecule has 1 aliphatic rings. The van der Waals surface area contributed by atoms with Crippen LogP contribution in [0.1, 0.15) is 24.6 Å². The number of furan rings is 1. The van der Waals surface area contributed by atoms with E-state index in [9.17, 15) is 4.79 Å². The Kier molecular flexibility index (Phi) is 4.35. The van der Waals surface area contributed by atoms with E-state index < -0.39 is 0 Å². The van der Waals surface area contributed by atoms with E-state index in [1.165, 1.54) is 12.8 Å². The molecule has 1 aliphatic heterocycles. The molecule has 1 atom stereocenters. The predicted octanol–water partition coefficient (Wildman–Crippen LogP) is 1.43. The van der Waals surface area contributed by atoms with Crippen molar-refractivity contribution in [1.29, 1.82) is 0 Å². The molecule has 2 aromatic rings. The van der Waals surface area contributed by atoms with Gasteiger partial charge in [-0.1, -0.05) is 0 Å². The van der Waals surface area contributed by atoms with Crippen LogP contribution in [0.15, 0.2) is 41.3 Å². The fraction of sp³-hybridized carbons (Fsp3) is 0.467. The number of rotatable bonds is 6. The topological polar surface area (TPSA) is 63.3 Å². The van der Waals surface area contributed by atoms with Gasteiger partial charge in [0.05, 0.1) is 12.3 Å². The number of hydrogen-bond donors (Lipinski definition) is 1. The third-order valence-corrected chi connectivity index (χ3v) is 3.81. The Balaban J connectivity index is 1.58. The second-order valence-electron chi connectivity index (χ2n) is 5.28. The summed E-state index contributed by atoms with van der Waals surface area (Å²) in [5, 5.41) is 7.02. The van der Waals surface area contributed by atoms with Crippen molar-refractivity contribution in [1.82, 2.24) is 20.0 Å². The first-order valence-electron chi connectivity index (χ1n) is 7.34. The third-order valence-electron chi connectivity index (χ3n) is 3.81. The van der Waals surface area contributed by atoms with Crippen molar-refractivity contribution in [2.75, 3.05) is 19.6 Å². The van der Waals surface area contributed by atoms with Crippen LogP contribution in [-0.2, 0) is 11.3 Å². The van der Waals surface area contributed by atoms with E-state index in [-0.39, 0.29) is 18.5 Å². The molecule has 0 spiro atoms. The minimum Gasteiger partial charge on any atom is -0.468 e. The minimum absolute atomic E-state index is 0.0329. The lowest BCUT2D eigenvalue weighted by Gasteiger charge is -2.26. The van der Waals surface area contributed by atoms with Gasteiger partial charge in [0, 0.05) is 18.9 Å². The number of likely N-dealkylation sites (tertiary alicyclic amines) is 1. The van der Waals surface area contributed by atoms with Crippen molar-refractivity contribution in [3.8, 4) is 0 Å². The molecule has 0 aliphatic carbocycles. The Morgan fingerprint density at radius 3 is 2.90 bits per heavy atom. The lowest BCUT2D eigenvalue weighted by Crippen LogP contribution is -2.38. The van der Waals surface area contributed by atoms with Gasteiger partial charge >= 0.3 is 0 Å². The summed E-state index contributed by atoms with van der Waals surface area (Å²) in [6.45, 7) is 2.92. The van der Waals surface area contributed by atoms with Crippen molar-refractivity contribution in [2.24, 2.45) is 0 Å². The van der Waals surface area contributed by atoms with E-state index in [4.69, 9.17) is 4.42 Å². The smallest absolute Gasteiger partial charge is 0.241 e. The molecule has 3 rings (SSSR count). The summed E-state index contributed by atoms with van der Waals surface area (Å²) in [6, 6.07) is 5.79. The van der Waals surface area contributed by atoms with Crippen molar-refractivity contribution in [3.63, 3.8) is 0 Å². The first-order chi connectivity index (χ1) is 10.3. The molecule has 112 valence electrons. The first-order valence-corrected chi connectivity index (χ1v) is 7.34. The fourth-order valence-electron chi connectivity index (χ4n) is 2.75. The molecule has 6 nitrogen and oxygen atoms in total. The van der Waals surface area contributed by atoms with Gasteiger partial charge in [-0.3, -0.25) is 14.4 Å². The number of carbonyl (C=O) groups is 1. The molecule has 1 saturated heterocycles. The second kappa shape index (κ2) is 6.58. The summed E-state index contributed by atoms with van der Waals surface area (Å²) in [6.07, 6.45) is 7.55. The summed E-state index contributed by atoms with van der Waals surface area (Å²) < 4.78 is 7.15. The van der Waals surface area contributed by atoms with Crippen LogP contribution in [0.3, 0.4) is 0 Å². The molecule has 6 heteroatoms. The van der Waals surface area contributed by atoms with Crippen LogP contribution in [0.25, 0.3) is 0 Å². The maximum Gasteiger partial charge on any atom is 0.241 e. The maximum atomic E-state index is 12.0. The molecule has 0 saturated carbocycles. The van der Waals surface area contributed by atoms with Gasteiger partial charge < -0.3 is 9.73 Å². The fourth-order valence-corrected chi connectivity index (χ4v) is 2.75. The number of amides is 1. The number of nitrogens with zero attached hydrogens (tertiary/aromatic N) is 3. The van der Waals surface area contributed by atoms with Gasteiger partial charge in [0.25, 0.3) is 0 Å². The lowest BCUT2D eigenvalue weighted by atomic mass is 10.2. The summed E-state index contributed by atoms with van der Waals surface area (Å²) in [5.74, 6) is 0.880. The predicted molar refractivity (Wildman–Crippen MR) is 77.5 cm³/mol. The van der Waals surface area contributed by atoms with Crippen LogP contribution in [0.5, 0.6) is 0 Å². The Bertz CT molecular complexity index is 544. The number of hydrogen-bond acceptors (Lipinski definition) is 4. The summed E-state index contributed by atoms with van der Waals surface area (Å²) in [5.41, 5.74) is 0. The van der Waals surface area contributed by atoms with Gasteiger partial charge in [0.2, 0.25) is 5.91 Å². The molecular formula is C15H20N4O2. The SMILES string of the molecule is O=C(Cn1cccn1)NC[C@H](c1ccco1)N1CCCC1. The van der Waals surface area contributed by atoms with Gasteiger partial charge in [-0.15, -0.1) is 0 Å². The highest BCUT2D eigenvalue weighted by Gasteiger charge is 2.25. The number of carbonyl (C=O) groups excluding carboxylic acids is 1. The van der Waals surface area contributed by atoms with Crippen LogP contribution in [0.4, 0.5) is 0 Å². The zero-order valence-corrected chi connectivity index (χ0v) is 11.9. The minimum atomic E-state index is -0.0329. The number of aromatic nitrogens is 2. The Labute approximate surface area is 123 Å². The quantitative estimate of drug-likeness (QED) is 0.873. The van der Waals surface area contributed by atoms with Crippen molar-refractivity contribution in [2.45, 2.75) is 25.4 Å². The highest BCUT2D eigenvalue weighted by molar-refractivity contribution is 5.75. The molecule has 1 N–H and O–H groups in total. The van der Waals surface area contributed by atoms with Gasteiger partial charge in [-0.05, 0) is 44.1 Å². The van der Waals surface area contributed by atoms with Crippen LogP contribution < -0.4 is 5.32 Å².